The third-order valence-electron chi connectivity index (χ3n) is 5.73. The number of nitrogens with one attached hydrogen (secondary N) is 1. The van der Waals surface area contributed by atoms with Gasteiger partial charge in [0.25, 0.3) is 0 Å². The van der Waals surface area contributed by atoms with Crippen LogP contribution in [0.3, 0.4) is 0 Å². The summed E-state index contributed by atoms with van der Waals surface area (Å²) in [6.07, 6.45) is 4.76. The number of nitrogens with zero attached hydrogens (tertiary/aromatic N) is 6. The van der Waals surface area contributed by atoms with Gasteiger partial charge in [-0.3, -0.25) is 4.99 Å². The lowest BCUT2D eigenvalue weighted by Crippen LogP contribution is -2.52. The molecular formula is C20H38IN7S. The molecule has 7 nitrogen and oxygen atoms in total. The number of aliphatic imine (C=N–C) groups is 1. The highest BCUT2D eigenvalue weighted by Gasteiger charge is 2.22. The zero-order chi connectivity index (χ0) is 19.8. The Morgan fingerprint density at radius 2 is 1.86 bits per heavy atom. The van der Waals surface area contributed by atoms with Crippen LogP contribution in [0, 0.1) is 5.92 Å². The molecule has 0 bridgehead atoms. The Morgan fingerprint density at radius 1 is 1.14 bits per heavy atom. The summed E-state index contributed by atoms with van der Waals surface area (Å²) in [6, 6.07) is 0. The SMILES string of the molecule is CCNC(=NCCCN1CCC(C)CC1)N1CCN(c2nc(CC)ns2)CC1.I. The predicted molar refractivity (Wildman–Crippen MR) is 134 cm³/mol. The molecule has 0 unspecified atom stereocenters. The van der Waals surface area contributed by atoms with E-state index in [-0.39, 0.29) is 24.0 Å². The van der Waals surface area contributed by atoms with Gasteiger partial charge in [-0.1, -0.05) is 13.8 Å². The van der Waals surface area contributed by atoms with Crippen LogP contribution in [-0.4, -0.2) is 84.0 Å². The van der Waals surface area contributed by atoms with E-state index in [0.29, 0.717) is 0 Å². The zero-order valence-corrected chi connectivity index (χ0v) is 21.4. The van der Waals surface area contributed by atoms with E-state index in [0.717, 1.165) is 74.9 Å². The monoisotopic (exact) mass is 535 g/mol. The molecule has 0 atom stereocenters. The summed E-state index contributed by atoms with van der Waals surface area (Å²) in [4.78, 5) is 16.9. The smallest absolute Gasteiger partial charge is 0.205 e. The Bertz CT molecular complexity index is 608. The topological polar surface area (TPSA) is 59.9 Å². The highest BCUT2D eigenvalue weighted by Crippen LogP contribution is 2.19. The molecule has 29 heavy (non-hydrogen) atoms. The van der Waals surface area contributed by atoms with Gasteiger partial charge in [0.05, 0.1) is 0 Å². The van der Waals surface area contributed by atoms with Gasteiger partial charge in [-0.15, -0.1) is 24.0 Å². The highest BCUT2D eigenvalue weighted by molar-refractivity contribution is 14.0. The fourth-order valence-corrected chi connectivity index (χ4v) is 4.62. The Kier molecular flexibility index (Phi) is 10.9. The number of halogens is 1. The maximum atomic E-state index is 4.91. The summed E-state index contributed by atoms with van der Waals surface area (Å²) in [5, 5.41) is 4.55. The molecule has 2 fully saturated rings. The number of aromatic nitrogens is 2. The van der Waals surface area contributed by atoms with Crippen LogP contribution in [0.15, 0.2) is 4.99 Å². The molecule has 9 heteroatoms. The first-order valence-electron chi connectivity index (χ1n) is 11.0. The Morgan fingerprint density at radius 3 is 2.48 bits per heavy atom. The van der Waals surface area contributed by atoms with Gasteiger partial charge in [0.1, 0.15) is 5.82 Å². The molecule has 0 amide bonds. The first-order valence-corrected chi connectivity index (χ1v) is 11.8. The second-order valence-electron chi connectivity index (χ2n) is 7.93. The Balaban J connectivity index is 0.00000300. The normalized spacial score (nSPS) is 19.3. The molecule has 0 aromatic carbocycles. The van der Waals surface area contributed by atoms with E-state index in [2.05, 4.69) is 50.1 Å². The second kappa shape index (κ2) is 12.9. The van der Waals surface area contributed by atoms with Crippen LogP contribution < -0.4 is 10.2 Å². The van der Waals surface area contributed by atoms with Gasteiger partial charge in [0.15, 0.2) is 5.96 Å². The molecule has 0 radical (unpaired) electrons. The second-order valence-corrected chi connectivity index (χ2v) is 8.66. The molecule has 2 aliphatic rings. The molecule has 1 aromatic heterocycles. The lowest BCUT2D eigenvalue weighted by molar-refractivity contribution is 0.191. The molecule has 3 heterocycles. The molecule has 2 aliphatic heterocycles. The average Bonchev–Trinajstić information content (AvgIpc) is 3.21. The van der Waals surface area contributed by atoms with Crippen molar-refractivity contribution >= 4 is 46.6 Å². The van der Waals surface area contributed by atoms with Gasteiger partial charge in [0, 0.05) is 57.2 Å². The quantitative estimate of drug-likeness (QED) is 0.251. The van der Waals surface area contributed by atoms with Gasteiger partial charge < -0.3 is 20.0 Å². The van der Waals surface area contributed by atoms with Crippen LogP contribution >= 0.6 is 35.5 Å². The van der Waals surface area contributed by atoms with E-state index in [9.17, 15) is 0 Å². The fraction of sp³-hybridized carbons (Fsp3) is 0.850. The minimum atomic E-state index is 0. The van der Waals surface area contributed by atoms with Crippen LogP contribution in [-0.2, 0) is 6.42 Å². The number of hydrogen-bond acceptors (Lipinski definition) is 6. The van der Waals surface area contributed by atoms with E-state index in [4.69, 9.17) is 4.99 Å². The number of likely N-dealkylation sites (tertiary alicyclic amines) is 1. The number of piperidine rings is 1. The van der Waals surface area contributed by atoms with Gasteiger partial charge in [-0.25, -0.2) is 4.98 Å². The summed E-state index contributed by atoms with van der Waals surface area (Å²) < 4.78 is 4.42. The molecule has 3 rings (SSSR count). The molecule has 0 spiro atoms. The summed E-state index contributed by atoms with van der Waals surface area (Å²) >= 11 is 1.53. The Hall–Kier alpha value is -0.680. The van der Waals surface area contributed by atoms with Crippen LogP contribution in [0.4, 0.5) is 5.13 Å². The van der Waals surface area contributed by atoms with Crippen LogP contribution in [0.2, 0.25) is 0 Å². The van der Waals surface area contributed by atoms with Crippen molar-refractivity contribution in [3.8, 4) is 0 Å². The van der Waals surface area contributed by atoms with Gasteiger partial charge >= 0.3 is 0 Å². The summed E-state index contributed by atoms with van der Waals surface area (Å²) in [6.45, 7) is 16.1. The summed E-state index contributed by atoms with van der Waals surface area (Å²) in [5.74, 6) is 2.93. The lowest BCUT2D eigenvalue weighted by Gasteiger charge is -2.36. The van der Waals surface area contributed by atoms with Crippen LogP contribution in [0.1, 0.15) is 45.9 Å². The lowest BCUT2D eigenvalue weighted by atomic mass is 9.99. The third-order valence-corrected chi connectivity index (χ3v) is 6.54. The minimum Gasteiger partial charge on any atom is -0.357 e. The minimum absolute atomic E-state index is 0. The molecule has 0 aliphatic carbocycles. The van der Waals surface area contributed by atoms with Crippen LogP contribution in [0.5, 0.6) is 0 Å². The average molecular weight is 536 g/mol. The van der Waals surface area contributed by atoms with E-state index >= 15 is 0 Å². The first-order chi connectivity index (χ1) is 13.7. The van der Waals surface area contributed by atoms with Gasteiger partial charge in [0.2, 0.25) is 5.13 Å². The first kappa shape index (κ1) is 24.6. The zero-order valence-electron chi connectivity index (χ0n) is 18.3. The summed E-state index contributed by atoms with van der Waals surface area (Å²) in [7, 11) is 0. The number of anilines is 1. The molecule has 1 aromatic rings. The number of hydrogen-bond donors (Lipinski definition) is 1. The van der Waals surface area contributed by atoms with Crippen molar-refractivity contribution in [1.82, 2.24) is 24.5 Å². The number of piperazine rings is 1. The van der Waals surface area contributed by atoms with E-state index in [1.807, 2.05) is 0 Å². The van der Waals surface area contributed by atoms with Crippen molar-refractivity contribution in [3.05, 3.63) is 5.82 Å². The molecule has 2 saturated heterocycles. The number of rotatable bonds is 7. The van der Waals surface area contributed by atoms with E-state index in [1.54, 1.807) is 0 Å². The van der Waals surface area contributed by atoms with Crippen molar-refractivity contribution in [2.75, 3.05) is 63.8 Å². The van der Waals surface area contributed by atoms with Crippen molar-refractivity contribution in [3.63, 3.8) is 0 Å². The van der Waals surface area contributed by atoms with Crippen molar-refractivity contribution in [2.45, 2.75) is 46.5 Å². The molecular weight excluding hydrogens is 497 g/mol. The molecule has 0 saturated carbocycles. The third kappa shape index (κ3) is 7.50. The maximum Gasteiger partial charge on any atom is 0.205 e. The number of guanidine groups is 1. The van der Waals surface area contributed by atoms with Gasteiger partial charge in [-0.2, -0.15) is 4.37 Å². The largest absolute Gasteiger partial charge is 0.357 e. The van der Waals surface area contributed by atoms with Crippen molar-refractivity contribution in [1.29, 1.82) is 0 Å². The number of aryl methyl sites for hydroxylation is 1. The molecule has 1 N–H and O–H groups in total. The van der Waals surface area contributed by atoms with Crippen LogP contribution in [0.25, 0.3) is 0 Å². The standard InChI is InChI=1S/C20H37N7S.HI/c1-4-18-23-20(28-24-18)27-15-13-26(14-16-27)19(21-5-2)22-9-6-10-25-11-7-17(3)8-12-25;/h17H,4-16H2,1-3H3,(H,21,22);1H. The summed E-state index contributed by atoms with van der Waals surface area (Å²) in [5.41, 5.74) is 0. The van der Waals surface area contributed by atoms with Crippen molar-refractivity contribution in [2.24, 2.45) is 10.9 Å². The molecule has 166 valence electrons. The fourth-order valence-electron chi connectivity index (χ4n) is 3.82. The van der Waals surface area contributed by atoms with Gasteiger partial charge in [-0.05, 0) is 51.7 Å². The van der Waals surface area contributed by atoms with E-state index < -0.39 is 0 Å². The predicted octanol–water partition coefficient (Wildman–Crippen LogP) is 2.93. The maximum absolute atomic E-state index is 4.91. The highest BCUT2D eigenvalue weighted by atomic mass is 127. The van der Waals surface area contributed by atoms with E-state index in [1.165, 1.54) is 44.0 Å². The van der Waals surface area contributed by atoms with Crippen molar-refractivity contribution < 1.29 is 0 Å². The Labute approximate surface area is 197 Å².